The van der Waals surface area contributed by atoms with Crippen LogP contribution in [0.25, 0.3) is 10.9 Å². The first-order chi connectivity index (χ1) is 16.5. The first-order valence-electron chi connectivity index (χ1n) is 13.3. The molecule has 1 heterocycles. The van der Waals surface area contributed by atoms with Gasteiger partial charge in [-0.15, -0.1) is 12.4 Å². The minimum absolute atomic E-state index is 0. The number of hydrogen-bond acceptors (Lipinski definition) is 5. The van der Waals surface area contributed by atoms with E-state index in [0.29, 0.717) is 36.5 Å². The standard InChI is InChI=1S/C28H42N2O4.ClH/c1-4-33-28(32)27-20(2)29(3)26-16-15-24(17-25(26)27)34-19-23(31)18-30(21-11-7-5-8-12-21)22-13-9-6-10-14-22;/h15-17,21-23,31H,4-14,18-19H2,1-3H3;1H. The highest BCUT2D eigenvalue weighted by Crippen LogP contribution is 2.31. The largest absolute Gasteiger partial charge is 0.491 e. The molecular formula is C28H43ClN2O4. The number of halogens is 1. The fourth-order valence-electron chi connectivity index (χ4n) is 6.01. The number of aryl methyl sites for hydroxylation is 1. The molecule has 1 unspecified atom stereocenters. The highest BCUT2D eigenvalue weighted by molar-refractivity contribution is 6.06. The lowest BCUT2D eigenvalue weighted by Gasteiger charge is -2.42. The van der Waals surface area contributed by atoms with Crippen LogP contribution >= 0.6 is 12.4 Å². The van der Waals surface area contributed by atoms with Gasteiger partial charge in [-0.25, -0.2) is 4.79 Å². The van der Waals surface area contributed by atoms with Gasteiger partial charge >= 0.3 is 5.97 Å². The molecular weight excluding hydrogens is 464 g/mol. The first-order valence-corrected chi connectivity index (χ1v) is 13.3. The number of aromatic nitrogens is 1. The Morgan fingerprint density at radius 1 is 1.09 bits per heavy atom. The maximum absolute atomic E-state index is 12.6. The zero-order valence-electron chi connectivity index (χ0n) is 21.6. The van der Waals surface area contributed by atoms with E-state index in [1.807, 2.05) is 43.7 Å². The fourth-order valence-corrected chi connectivity index (χ4v) is 6.01. The summed E-state index contributed by atoms with van der Waals surface area (Å²) in [6.45, 7) is 5.02. The van der Waals surface area contributed by atoms with Gasteiger partial charge in [0.05, 0.1) is 12.2 Å². The molecule has 2 aliphatic rings. The summed E-state index contributed by atoms with van der Waals surface area (Å²) in [7, 11) is 1.95. The van der Waals surface area contributed by atoms with E-state index >= 15 is 0 Å². The third-order valence-corrected chi connectivity index (χ3v) is 7.89. The molecule has 2 aliphatic carbocycles. The lowest BCUT2D eigenvalue weighted by Crippen LogP contribution is -2.49. The van der Waals surface area contributed by atoms with Gasteiger partial charge in [0.2, 0.25) is 0 Å². The number of carbonyl (C=O) groups is 1. The molecule has 0 aliphatic heterocycles. The van der Waals surface area contributed by atoms with Crippen molar-refractivity contribution in [1.82, 2.24) is 9.47 Å². The summed E-state index contributed by atoms with van der Waals surface area (Å²) in [4.78, 5) is 15.2. The molecule has 6 nitrogen and oxygen atoms in total. The van der Waals surface area contributed by atoms with Gasteiger partial charge < -0.3 is 19.1 Å². The number of ether oxygens (including phenoxy) is 2. The number of aliphatic hydroxyl groups is 1. The van der Waals surface area contributed by atoms with E-state index in [2.05, 4.69) is 4.90 Å². The van der Waals surface area contributed by atoms with Crippen molar-refractivity contribution >= 4 is 29.3 Å². The third kappa shape index (κ3) is 6.52. The van der Waals surface area contributed by atoms with Crippen LogP contribution < -0.4 is 4.74 Å². The van der Waals surface area contributed by atoms with Crippen LogP contribution in [-0.4, -0.2) is 58.5 Å². The van der Waals surface area contributed by atoms with Crippen LogP contribution in [0, 0.1) is 6.92 Å². The summed E-state index contributed by atoms with van der Waals surface area (Å²) in [5.74, 6) is 0.364. The average Bonchev–Trinajstić information content (AvgIpc) is 3.11. The van der Waals surface area contributed by atoms with Gasteiger partial charge in [-0.1, -0.05) is 38.5 Å². The van der Waals surface area contributed by atoms with E-state index in [9.17, 15) is 9.90 Å². The highest BCUT2D eigenvalue weighted by Gasteiger charge is 2.30. The van der Waals surface area contributed by atoms with Crippen LogP contribution in [0.1, 0.15) is 87.2 Å². The Labute approximate surface area is 216 Å². The van der Waals surface area contributed by atoms with Crippen molar-refractivity contribution in [2.75, 3.05) is 19.8 Å². The molecule has 0 amide bonds. The molecule has 0 spiro atoms. The Hall–Kier alpha value is -1.76. The number of fused-ring (bicyclic) bond motifs is 1. The Morgan fingerprint density at radius 2 is 1.69 bits per heavy atom. The van der Waals surface area contributed by atoms with Gasteiger partial charge in [0.1, 0.15) is 18.5 Å². The molecule has 1 N–H and O–H groups in total. The van der Waals surface area contributed by atoms with E-state index in [-0.39, 0.29) is 25.0 Å². The molecule has 1 aromatic heterocycles. The highest BCUT2D eigenvalue weighted by atomic mass is 35.5. The second-order valence-corrected chi connectivity index (χ2v) is 10.2. The molecule has 0 radical (unpaired) electrons. The minimum Gasteiger partial charge on any atom is -0.491 e. The van der Waals surface area contributed by atoms with E-state index in [1.165, 1.54) is 64.2 Å². The van der Waals surface area contributed by atoms with Crippen LogP contribution in [0.5, 0.6) is 5.75 Å². The van der Waals surface area contributed by atoms with Crippen LogP contribution in [0.3, 0.4) is 0 Å². The molecule has 1 atom stereocenters. The monoisotopic (exact) mass is 506 g/mol. The predicted molar refractivity (Wildman–Crippen MR) is 143 cm³/mol. The molecule has 1 aromatic carbocycles. The lowest BCUT2D eigenvalue weighted by molar-refractivity contribution is 0.0118. The number of nitrogens with zero attached hydrogens (tertiary/aromatic N) is 2. The molecule has 4 rings (SSSR count). The van der Waals surface area contributed by atoms with E-state index in [4.69, 9.17) is 9.47 Å². The summed E-state index contributed by atoms with van der Waals surface area (Å²) >= 11 is 0. The predicted octanol–water partition coefficient (Wildman–Crippen LogP) is 5.79. The van der Waals surface area contributed by atoms with Crippen LogP contribution in [-0.2, 0) is 11.8 Å². The number of hydrogen-bond donors (Lipinski definition) is 1. The van der Waals surface area contributed by atoms with Gasteiger partial charge in [0.25, 0.3) is 0 Å². The van der Waals surface area contributed by atoms with E-state index in [0.717, 1.165) is 16.6 Å². The van der Waals surface area contributed by atoms with Gasteiger partial charge in [0.15, 0.2) is 0 Å². The molecule has 2 saturated carbocycles. The Balaban J connectivity index is 0.00000342. The van der Waals surface area contributed by atoms with E-state index in [1.54, 1.807) is 0 Å². The normalized spacial score (nSPS) is 18.4. The van der Waals surface area contributed by atoms with Crippen molar-refractivity contribution in [2.24, 2.45) is 7.05 Å². The maximum Gasteiger partial charge on any atom is 0.340 e. The third-order valence-electron chi connectivity index (χ3n) is 7.89. The number of rotatable bonds is 9. The second kappa shape index (κ2) is 13.0. The molecule has 0 saturated heterocycles. The summed E-state index contributed by atoms with van der Waals surface area (Å²) in [6.07, 6.45) is 12.4. The Bertz CT molecular complexity index is 946. The number of esters is 1. The summed E-state index contributed by atoms with van der Waals surface area (Å²) < 4.78 is 13.4. The van der Waals surface area contributed by atoms with Crippen molar-refractivity contribution in [3.05, 3.63) is 29.5 Å². The SMILES string of the molecule is CCOC(=O)c1c(C)n(C)c2ccc(OCC(O)CN(C3CCCCC3)C3CCCCC3)cc12.Cl. The lowest BCUT2D eigenvalue weighted by atomic mass is 9.88. The zero-order chi connectivity index (χ0) is 24.1. The van der Waals surface area contributed by atoms with Crippen LogP contribution in [0.2, 0.25) is 0 Å². The fraction of sp³-hybridized carbons (Fsp3) is 0.679. The number of aliphatic hydroxyl groups excluding tert-OH is 1. The zero-order valence-corrected chi connectivity index (χ0v) is 22.4. The molecule has 2 fully saturated rings. The van der Waals surface area contributed by atoms with Gasteiger partial charge in [-0.05, 0) is 57.7 Å². The minimum atomic E-state index is -0.540. The van der Waals surface area contributed by atoms with Crippen molar-refractivity contribution in [2.45, 2.75) is 96.2 Å². The smallest absolute Gasteiger partial charge is 0.340 e. The van der Waals surface area contributed by atoms with Gasteiger partial charge in [-0.3, -0.25) is 4.90 Å². The maximum atomic E-state index is 12.6. The quantitative estimate of drug-likeness (QED) is 0.436. The molecule has 2 aromatic rings. The van der Waals surface area contributed by atoms with Crippen molar-refractivity contribution in [3.63, 3.8) is 0 Å². The topological polar surface area (TPSA) is 63.9 Å². The van der Waals surface area contributed by atoms with Gasteiger partial charge in [0, 0.05) is 42.3 Å². The van der Waals surface area contributed by atoms with Crippen LogP contribution in [0.15, 0.2) is 18.2 Å². The average molecular weight is 507 g/mol. The van der Waals surface area contributed by atoms with Crippen molar-refractivity contribution in [1.29, 1.82) is 0 Å². The molecule has 7 heteroatoms. The number of carbonyl (C=O) groups excluding carboxylic acids is 1. The summed E-state index contributed by atoms with van der Waals surface area (Å²) in [5, 5.41) is 11.8. The Kier molecular flexibility index (Phi) is 10.3. The second-order valence-electron chi connectivity index (χ2n) is 10.2. The summed E-state index contributed by atoms with van der Waals surface area (Å²) in [5.41, 5.74) is 2.43. The molecule has 196 valence electrons. The molecule has 0 bridgehead atoms. The van der Waals surface area contributed by atoms with Crippen LogP contribution in [0.4, 0.5) is 0 Å². The number of benzene rings is 1. The van der Waals surface area contributed by atoms with Gasteiger partial charge in [-0.2, -0.15) is 0 Å². The Morgan fingerprint density at radius 3 is 2.26 bits per heavy atom. The van der Waals surface area contributed by atoms with Crippen molar-refractivity contribution in [3.8, 4) is 5.75 Å². The summed E-state index contributed by atoms with van der Waals surface area (Å²) in [6, 6.07) is 7.00. The van der Waals surface area contributed by atoms with E-state index < -0.39 is 6.10 Å². The molecule has 35 heavy (non-hydrogen) atoms. The first kappa shape index (κ1) is 27.8. The van der Waals surface area contributed by atoms with Crippen molar-refractivity contribution < 1.29 is 19.4 Å².